The van der Waals surface area contributed by atoms with E-state index < -0.39 is 5.76 Å². The van der Waals surface area contributed by atoms with Crippen LogP contribution in [0.25, 0.3) is 11.1 Å². The molecule has 0 saturated heterocycles. The van der Waals surface area contributed by atoms with Crippen molar-refractivity contribution in [3.05, 3.63) is 62.5 Å². The normalized spacial score (nSPS) is 10.8. The van der Waals surface area contributed by atoms with Crippen LogP contribution in [0.4, 0.5) is 5.69 Å². The van der Waals surface area contributed by atoms with E-state index in [9.17, 15) is 9.59 Å². The Bertz CT molecular complexity index is 895. The summed E-state index contributed by atoms with van der Waals surface area (Å²) in [6, 6.07) is 10.4. The van der Waals surface area contributed by atoms with Gasteiger partial charge in [0.1, 0.15) is 0 Å². The van der Waals surface area contributed by atoms with E-state index in [-0.39, 0.29) is 5.91 Å². The molecule has 0 aliphatic carbocycles. The highest BCUT2D eigenvalue weighted by atomic mass is 79.9. The van der Waals surface area contributed by atoms with Gasteiger partial charge in [-0.25, -0.2) is 4.79 Å². The largest absolute Gasteiger partial charge is 0.417 e. The Morgan fingerprint density at radius 3 is 2.81 bits per heavy atom. The van der Waals surface area contributed by atoms with Crippen molar-refractivity contribution >= 4 is 38.6 Å². The number of benzene rings is 2. The maximum atomic E-state index is 12.2. The molecule has 3 rings (SSSR count). The molecule has 0 aliphatic rings. The second-order valence-corrected chi connectivity index (χ2v) is 5.50. The zero-order valence-corrected chi connectivity index (χ0v) is 12.7. The first-order chi connectivity index (χ1) is 10.0. The topological polar surface area (TPSA) is 75.1 Å². The molecule has 1 amide bonds. The van der Waals surface area contributed by atoms with Crippen molar-refractivity contribution in [2.45, 2.75) is 6.92 Å². The van der Waals surface area contributed by atoms with Gasteiger partial charge in [-0.2, -0.15) is 0 Å². The molecule has 0 saturated carbocycles. The molecule has 0 radical (unpaired) electrons. The number of H-pyrrole nitrogens is 1. The molecule has 6 heteroatoms. The molecular weight excluding hydrogens is 336 g/mol. The highest BCUT2D eigenvalue weighted by Gasteiger charge is 2.09. The van der Waals surface area contributed by atoms with E-state index in [1.54, 1.807) is 30.3 Å². The number of carbonyl (C=O) groups excluding carboxylic acids is 1. The number of anilines is 1. The Kier molecular flexibility index (Phi) is 3.39. The summed E-state index contributed by atoms with van der Waals surface area (Å²) in [5.74, 6) is -0.729. The monoisotopic (exact) mass is 346 g/mol. The van der Waals surface area contributed by atoms with E-state index in [4.69, 9.17) is 4.42 Å². The van der Waals surface area contributed by atoms with E-state index in [2.05, 4.69) is 26.2 Å². The van der Waals surface area contributed by atoms with Crippen LogP contribution in [-0.4, -0.2) is 10.9 Å². The molecule has 2 aromatic carbocycles. The summed E-state index contributed by atoms with van der Waals surface area (Å²) in [6.45, 7) is 1.92. The highest BCUT2D eigenvalue weighted by Crippen LogP contribution is 2.19. The molecule has 0 unspecified atom stereocenters. The Morgan fingerprint density at radius 2 is 2.05 bits per heavy atom. The van der Waals surface area contributed by atoms with Gasteiger partial charge in [0.15, 0.2) is 5.58 Å². The van der Waals surface area contributed by atoms with Crippen molar-refractivity contribution in [3.8, 4) is 0 Å². The summed E-state index contributed by atoms with van der Waals surface area (Å²) in [6.07, 6.45) is 0. The van der Waals surface area contributed by atoms with E-state index in [0.717, 1.165) is 10.0 Å². The van der Waals surface area contributed by atoms with Crippen LogP contribution in [-0.2, 0) is 0 Å². The third-order valence-electron chi connectivity index (χ3n) is 3.10. The first kappa shape index (κ1) is 13.6. The third kappa shape index (κ3) is 2.75. The SMILES string of the molecule is Cc1cc(C(=O)Nc2ccc3oc(=O)[nH]c3c2)ccc1Br. The molecular formula is C15H11BrN2O3. The third-order valence-corrected chi connectivity index (χ3v) is 3.99. The van der Waals surface area contributed by atoms with E-state index in [0.29, 0.717) is 22.4 Å². The van der Waals surface area contributed by atoms with Gasteiger partial charge in [-0.15, -0.1) is 0 Å². The lowest BCUT2D eigenvalue weighted by molar-refractivity contribution is 0.102. The van der Waals surface area contributed by atoms with Gasteiger partial charge in [-0.3, -0.25) is 9.78 Å². The van der Waals surface area contributed by atoms with Gasteiger partial charge in [0.25, 0.3) is 5.91 Å². The van der Waals surface area contributed by atoms with Crippen molar-refractivity contribution in [2.75, 3.05) is 5.32 Å². The summed E-state index contributed by atoms with van der Waals surface area (Å²) < 4.78 is 5.87. The van der Waals surface area contributed by atoms with Crippen LogP contribution in [0, 0.1) is 6.92 Å². The zero-order valence-electron chi connectivity index (χ0n) is 11.1. The molecule has 21 heavy (non-hydrogen) atoms. The second kappa shape index (κ2) is 5.21. The predicted molar refractivity (Wildman–Crippen MR) is 83.7 cm³/mol. The number of fused-ring (bicyclic) bond motifs is 1. The number of rotatable bonds is 2. The van der Waals surface area contributed by atoms with Gasteiger partial charge >= 0.3 is 5.76 Å². The van der Waals surface area contributed by atoms with Crippen molar-refractivity contribution in [1.82, 2.24) is 4.98 Å². The molecule has 1 aromatic heterocycles. The van der Waals surface area contributed by atoms with Crippen LogP contribution in [0.3, 0.4) is 0 Å². The Balaban J connectivity index is 1.88. The number of nitrogens with one attached hydrogen (secondary N) is 2. The number of aromatic nitrogens is 1. The van der Waals surface area contributed by atoms with E-state index >= 15 is 0 Å². The van der Waals surface area contributed by atoms with E-state index in [1.165, 1.54) is 0 Å². The molecule has 0 atom stereocenters. The van der Waals surface area contributed by atoms with Crippen LogP contribution in [0.15, 0.2) is 50.1 Å². The number of aromatic amines is 1. The Morgan fingerprint density at radius 1 is 1.24 bits per heavy atom. The van der Waals surface area contributed by atoms with Crippen LogP contribution in [0.2, 0.25) is 0 Å². The average Bonchev–Trinajstić information content (AvgIpc) is 2.81. The van der Waals surface area contributed by atoms with Crippen LogP contribution >= 0.6 is 15.9 Å². The fourth-order valence-corrected chi connectivity index (χ4v) is 2.27. The van der Waals surface area contributed by atoms with Crippen LogP contribution in [0.1, 0.15) is 15.9 Å². The average molecular weight is 347 g/mol. The Labute approximate surface area is 128 Å². The second-order valence-electron chi connectivity index (χ2n) is 4.64. The number of halogens is 1. The molecule has 3 aromatic rings. The minimum Gasteiger partial charge on any atom is -0.408 e. The van der Waals surface area contributed by atoms with Crippen LogP contribution in [0.5, 0.6) is 0 Å². The van der Waals surface area contributed by atoms with Crippen molar-refractivity contribution in [3.63, 3.8) is 0 Å². The number of carbonyl (C=O) groups is 1. The highest BCUT2D eigenvalue weighted by molar-refractivity contribution is 9.10. The molecule has 0 fully saturated rings. The lowest BCUT2D eigenvalue weighted by atomic mass is 10.1. The fraction of sp³-hybridized carbons (Fsp3) is 0.0667. The molecule has 0 spiro atoms. The maximum Gasteiger partial charge on any atom is 0.417 e. The lowest BCUT2D eigenvalue weighted by Crippen LogP contribution is -2.12. The van der Waals surface area contributed by atoms with E-state index in [1.807, 2.05) is 13.0 Å². The van der Waals surface area contributed by atoms with Crippen molar-refractivity contribution < 1.29 is 9.21 Å². The summed E-state index contributed by atoms with van der Waals surface area (Å²) in [7, 11) is 0. The maximum absolute atomic E-state index is 12.2. The molecule has 106 valence electrons. The number of aryl methyl sites for hydroxylation is 1. The minimum atomic E-state index is -0.517. The van der Waals surface area contributed by atoms with Gasteiger partial charge in [0.05, 0.1) is 5.52 Å². The molecule has 1 heterocycles. The van der Waals surface area contributed by atoms with Crippen molar-refractivity contribution in [2.24, 2.45) is 0 Å². The number of hydrogen-bond acceptors (Lipinski definition) is 3. The first-order valence-electron chi connectivity index (χ1n) is 6.23. The summed E-state index contributed by atoms with van der Waals surface area (Å²) in [5, 5.41) is 2.79. The molecule has 5 nitrogen and oxygen atoms in total. The van der Waals surface area contributed by atoms with Crippen LogP contribution < -0.4 is 11.1 Å². The first-order valence-corrected chi connectivity index (χ1v) is 7.02. The lowest BCUT2D eigenvalue weighted by Gasteiger charge is -2.06. The Hall–Kier alpha value is -2.34. The number of amides is 1. The summed E-state index contributed by atoms with van der Waals surface area (Å²) in [4.78, 5) is 25.8. The molecule has 2 N–H and O–H groups in total. The van der Waals surface area contributed by atoms with Gasteiger partial charge < -0.3 is 9.73 Å². The fourth-order valence-electron chi connectivity index (χ4n) is 2.02. The smallest absolute Gasteiger partial charge is 0.408 e. The van der Waals surface area contributed by atoms with Crippen molar-refractivity contribution in [1.29, 1.82) is 0 Å². The number of hydrogen-bond donors (Lipinski definition) is 2. The predicted octanol–water partition coefficient (Wildman–Crippen LogP) is 3.44. The van der Waals surface area contributed by atoms with Gasteiger partial charge in [0.2, 0.25) is 0 Å². The quantitative estimate of drug-likeness (QED) is 0.746. The summed E-state index contributed by atoms with van der Waals surface area (Å²) >= 11 is 3.40. The van der Waals surface area contributed by atoms with Gasteiger partial charge in [-0.1, -0.05) is 15.9 Å². The minimum absolute atomic E-state index is 0.212. The summed E-state index contributed by atoms with van der Waals surface area (Å²) in [5.41, 5.74) is 3.14. The van der Waals surface area contributed by atoms with Gasteiger partial charge in [0, 0.05) is 15.7 Å². The van der Waals surface area contributed by atoms with Gasteiger partial charge in [-0.05, 0) is 48.9 Å². The number of oxazole rings is 1. The molecule has 0 bridgehead atoms. The standard InChI is InChI=1S/C15H11BrN2O3/c1-8-6-9(2-4-11(8)16)14(19)17-10-3-5-13-12(7-10)18-15(20)21-13/h2-7H,1H3,(H,17,19)(H,18,20). The zero-order chi connectivity index (χ0) is 15.0. The molecule has 0 aliphatic heterocycles.